The van der Waals surface area contributed by atoms with Gasteiger partial charge in [-0.1, -0.05) is 30.7 Å². The molecule has 0 spiro atoms. The van der Waals surface area contributed by atoms with Crippen molar-refractivity contribution in [2.45, 2.75) is 39.3 Å². The Bertz CT molecular complexity index is 1670. The molecule has 0 fully saturated rings. The highest BCUT2D eigenvalue weighted by Crippen LogP contribution is 2.47. The van der Waals surface area contributed by atoms with E-state index in [-0.39, 0.29) is 22.5 Å². The molecular formula is C29H27ClN6O3. The summed E-state index contributed by atoms with van der Waals surface area (Å²) in [5.74, 6) is 0.860. The number of benzene rings is 1. The predicted molar refractivity (Wildman–Crippen MR) is 148 cm³/mol. The van der Waals surface area contributed by atoms with Gasteiger partial charge < -0.3 is 13.9 Å². The maximum Gasteiger partial charge on any atom is 0.269 e. The fourth-order valence-electron chi connectivity index (χ4n) is 5.12. The molecule has 1 aromatic carbocycles. The first kappa shape index (κ1) is 26.2. The van der Waals surface area contributed by atoms with Gasteiger partial charge in [0, 0.05) is 31.9 Å². The lowest BCUT2D eigenvalue weighted by Crippen LogP contribution is -2.31. The van der Waals surface area contributed by atoms with E-state index in [0.29, 0.717) is 40.5 Å². The summed E-state index contributed by atoms with van der Waals surface area (Å²) in [6.45, 7) is 6.06. The summed E-state index contributed by atoms with van der Waals surface area (Å²) < 4.78 is 9.10. The number of amides is 1. The minimum Gasteiger partial charge on any atom is -0.480 e. The number of carbonyl (C=O) groups is 1. The van der Waals surface area contributed by atoms with E-state index in [1.807, 2.05) is 39.0 Å². The molecule has 1 amide bonds. The molecule has 1 aliphatic heterocycles. The van der Waals surface area contributed by atoms with Crippen molar-refractivity contribution in [2.75, 3.05) is 12.0 Å². The van der Waals surface area contributed by atoms with Gasteiger partial charge in [-0.2, -0.15) is 10.2 Å². The number of nitriles is 1. The Morgan fingerprint density at radius 3 is 2.46 bits per heavy atom. The van der Waals surface area contributed by atoms with E-state index in [2.05, 4.69) is 20.6 Å². The molecule has 1 aliphatic rings. The fourth-order valence-corrected chi connectivity index (χ4v) is 5.37. The number of halogens is 1. The second kappa shape index (κ2) is 10.0. The Morgan fingerprint density at radius 2 is 1.87 bits per heavy atom. The van der Waals surface area contributed by atoms with Gasteiger partial charge in [0.05, 0.1) is 46.9 Å². The van der Waals surface area contributed by atoms with Crippen LogP contribution in [0.1, 0.15) is 65.9 Å². The third-order valence-electron chi connectivity index (χ3n) is 6.91. The topological polar surface area (TPSA) is 106 Å². The molecule has 1 atom stereocenters. The Labute approximate surface area is 230 Å². The standard InChI is InChI=1S/C29H27ClN6O3/c1-6-24-32-14-21(27(33-24)39-5)23-12-20-26(35(23)16(2)3)25(18-9-7-17(13-31)8-10-18)36(28(20)37)19-11-22(30)29(38)34(4)15-19/h7-12,14-16,25H,6H2,1-5H3. The first-order valence-corrected chi connectivity index (χ1v) is 12.9. The number of pyridine rings is 1. The van der Waals surface area contributed by atoms with Crippen molar-refractivity contribution in [2.24, 2.45) is 7.05 Å². The van der Waals surface area contributed by atoms with Gasteiger partial charge in [0.25, 0.3) is 11.5 Å². The van der Waals surface area contributed by atoms with E-state index in [4.69, 9.17) is 16.3 Å². The van der Waals surface area contributed by atoms with Crippen LogP contribution in [-0.4, -0.2) is 32.1 Å². The summed E-state index contributed by atoms with van der Waals surface area (Å²) in [4.78, 5) is 37.2. The van der Waals surface area contributed by atoms with Crippen LogP contribution in [0.5, 0.6) is 5.88 Å². The van der Waals surface area contributed by atoms with Crippen molar-refractivity contribution in [1.29, 1.82) is 5.26 Å². The molecule has 0 saturated carbocycles. The Hall–Kier alpha value is -4.42. The van der Waals surface area contributed by atoms with E-state index in [9.17, 15) is 14.9 Å². The minimum absolute atomic E-state index is 0.0169. The van der Waals surface area contributed by atoms with Gasteiger partial charge in [0.15, 0.2) is 0 Å². The van der Waals surface area contributed by atoms with Crippen molar-refractivity contribution < 1.29 is 9.53 Å². The fraction of sp³-hybridized carbons (Fsp3) is 0.276. The molecule has 3 aromatic heterocycles. The van der Waals surface area contributed by atoms with E-state index in [0.717, 1.165) is 17.0 Å². The Morgan fingerprint density at radius 1 is 1.15 bits per heavy atom. The lowest BCUT2D eigenvalue weighted by molar-refractivity contribution is 0.0993. The summed E-state index contributed by atoms with van der Waals surface area (Å²) in [6.07, 6.45) is 4.00. The molecule has 4 aromatic rings. The molecule has 5 rings (SSSR count). The zero-order valence-electron chi connectivity index (χ0n) is 22.3. The van der Waals surface area contributed by atoms with Crippen molar-refractivity contribution >= 4 is 23.2 Å². The highest BCUT2D eigenvalue weighted by atomic mass is 35.5. The summed E-state index contributed by atoms with van der Waals surface area (Å²) in [5.41, 5.74) is 4.19. The van der Waals surface area contributed by atoms with Gasteiger partial charge in [0.1, 0.15) is 16.9 Å². The van der Waals surface area contributed by atoms with Gasteiger partial charge in [-0.15, -0.1) is 0 Å². The molecule has 0 N–H and O–H groups in total. The average Bonchev–Trinajstić information content (AvgIpc) is 3.46. The highest BCUT2D eigenvalue weighted by Gasteiger charge is 2.43. The maximum absolute atomic E-state index is 14.2. The molecule has 198 valence electrons. The average molecular weight is 543 g/mol. The van der Waals surface area contributed by atoms with Crippen LogP contribution < -0.4 is 15.2 Å². The SMILES string of the molecule is CCc1ncc(-c2cc3c(n2C(C)C)C(c2ccc(C#N)cc2)N(c2cc(Cl)c(=O)n(C)c2)C3=O)c(OC)n1. The molecular weight excluding hydrogens is 516 g/mol. The smallest absolute Gasteiger partial charge is 0.269 e. The number of rotatable bonds is 6. The lowest BCUT2D eigenvalue weighted by Gasteiger charge is -2.29. The second-order valence-corrected chi connectivity index (χ2v) is 10.0. The molecule has 4 heterocycles. The van der Waals surface area contributed by atoms with E-state index >= 15 is 0 Å². The van der Waals surface area contributed by atoms with Gasteiger partial charge in [-0.05, 0) is 43.7 Å². The molecule has 0 aliphatic carbocycles. The quantitative estimate of drug-likeness (QED) is 0.337. The van der Waals surface area contributed by atoms with Crippen molar-refractivity contribution in [3.05, 3.63) is 92.4 Å². The normalized spacial score (nSPS) is 14.6. The maximum atomic E-state index is 14.2. The van der Waals surface area contributed by atoms with Crippen LogP contribution >= 0.6 is 11.6 Å². The van der Waals surface area contributed by atoms with Gasteiger partial charge in [-0.25, -0.2) is 4.98 Å². The molecule has 0 radical (unpaired) electrons. The highest BCUT2D eigenvalue weighted by molar-refractivity contribution is 6.30. The van der Waals surface area contributed by atoms with Crippen LogP contribution in [0.4, 0.5) is 5.69 Å². The Kier molecular flexibility index (Phi) is 6.74. The van der Waals surface area contributed by atoms with E-state index < -0.39 is 6.04 Å². The van der Waals surface area contributed by atoms with E-state index in [1.54, 1.807) is 43.6 Å². The lowest BCUT2D eigenvalue weighted by atomic mass is 10.0. The molecule has 0 bridgehead atoms. The first-order valence-electron chi connectivity index (χ1n) is 12.5. The molecule has 0 saturated heterocycles. The van der Waals surface area contributed by atoms with Crippen LogP contribution in [0.2, 0.25) is 5.02 Å². The predicted octanol–water partition coefficient (Wildman–Crippen LogP) is 5.07. The summed E-state index contributed by atoms with van der Waals surface area (Å²) in [6, 6.07) is 12.1. The number of nitrogens with zero attached hydrogens (tertiary/aromatic N) is 6. The zero-order chi connectivity index (χ0) is 28.0. The van der Waals surface area contributed by atoms with Crippen molar-refractivity contribution in [1.82, 2.24) is 19.1 Å². The van der Waals surface area contributed by atoms with Gasteiger partial charge in [0.2, 0.25) is 5.88 Å². The number of methoxy groups -OCH3 is 1. The van der Waals surface area contributed by atoms with Crippen LogP contribution in [0, 0.1) is 11.3 Å². The first-order chi connectivity index (χ1) is 18.7. The van der Waals surface area contributed by atoms with Crippen LogP contribution in [0.3, 0.4) is 0 Å². The summed E-state index contributed by atoms with van der Waals surface area (Å²) in [7, 11) is 3.16. The molecule has 39 heavy (non-hydrogen) atoms. The number of hydrogen-bond acceptors (Lipinski definition) is 6. The third-order valence-corrected chi connectivity index (χ3v) is 7.18. The van der Waals surface area contributed by atoms with Crippen molar-refractivity contribution in [3.8, 4) is 23.2 Å². The molecule has 1 unspecified atom stereocenters. The third kappa shape index (κ3) is 4.27. The second-order valence-electron chi connectivity index (χ2n) is 9.63. The largest absolute Gasteiger partial charge is 0.480 e. The van der Waals surface area contributed by atoms with Crippen LogP contribution in [-0.2, 0) is 13.5 Å². The molecule has 9 nitrogen and oxygen atoms in total. The summed E-state index contributed by atoms with van der Waals surface area (Å²) in [5, 5.41) is 9.37. The van der Waals surface area contributed by atoms with Gasteiger partial charge in [-0.3, -0.25) is 14.5 Å². The number of fused-ring (bicyclic) bond motifs is 1. The van der Waals surface area contributed by atoms with E-state index in [1.165, 1.54) is 10.6 Å². The minimum atomic E-state index is -0.549. The van der Waals surface area contributed by atoms with Crippen LogP contribution in [0.25, 0.3) is 11.3 Å². The van der Waals surface area contributed by atoms with Crippen LogP contribution in [0.15, 0.2) is 53.6 Å². The number of aryl methyl sites for hydroxylation is 2. The number of carbonyl (C=O) groups excluding carboxylic acids is 1. The van der Waals surface area contributed by atoms with Gasteiger partial charge >= 0.3 is 0 Å². The monoisotopic (exact) mass is 542 g/mol. The number of aromatic nitrogens is 4. The van der Waals surface area contributed by atoms with Crippen molar-refractivity contribution in [3.63, 3.8) is 0 Å². The number of anilines is 1. The summed E-state index contributed by atoms with van der Waals surface area (Å²) >= 11 is 6.27. The number of hydrogen-bond donors (Lipinski definition) is 0. The molecule has 10 heteroatoms. The Balaban J connectivity index is 1.79. The zero-order valence-corrected chi connectivity index (χ0v) is 23.0. The number of ether oxygens (including phenoxy) is 1.